The summed E-state index contributed by atoms with van der Waals surface area (Å²) in [5.74, 6) is 0.314. The lowest BCUT2D eigenvalue weighted by atomic mass is 9.91. The Bertz CT molecular complexity index is 210. The summed E-state index contributed by atoms with van der Waals surface area (Å²) in [7, 11) is 1.95. The summed E-state index contributed by atoms with van der Waals surface area (Å²) in [6, 6.07) is 0.800. The second-order valence-electron chi connectivity index (χ2n) is 5.03. The molecular weight excluding hydrogens is 200 g/mol. The van der Waals surface area contributed by atoms with Crippen molar-refractivity contribution in [3.8, 4) is 0 Å². The molecule has 0 bridgehead atoms. The molecule has 0 aromatic rings. The minimum atomic E-state index is 0.314. The maximum Gasteiger partial charge on any atom is 0.222 e. The second kappa shape index (κ2) is 6.89. The molecule has 0 radical (unpaired) electrons. The molecule has 94 valence electrons. The van der Waals surface area contributed by atoms with Gasteiger partial charge in [-0.1, -0.05) is 19.8 Å². The predicted molar refractivity (Wildman–Crippen MR) is 67.1 cm³/mol. The van der Waals surface area contributed by atoms with Gasteiger partial charge < -0.3 is 10.6 Å². The maximum absolute atomic E-state index is 11.9. The Kier molecular flexibility index (Phi) is 5.81. The average molecular weight is 226 g/mol. The smallest absolute Gasteiger partial charge is 0.222 e. The van der Waals surface area contributed by atoms with Crippen molar-refractivity contribution in [2.24, 2.45) is 5.73 Å². The van der Waals surface area contributed by atoms with Gasteiger partial charge in [-0.05, 0) is 32.1 Å². The predicted octanol–water partition coefficient (Wildman–Crippen LogP) is 2.29. The zero-order chi connectivity index (χ0) is 12.0. The topological polar surface area (TPSA) is 46.3 Å². The summed E-state index contributed by atoms with van der Waals surface area (Å²) in [4.78, 5) is 13.9. The quantitative estimate of drug-likeness (QED) is 0.731. The van der Waals surface area contributed by atoms with E-state index in [1.807, 2.05) is 11.9 Å². The standard InChI is InChI=1S/C13H26N2O/c1-3-4-5-6-13(16)15(2)12-9-7-11(14)8-10-12/h11-12H,3-10,14H2,1-2H3. The molecule has 0 aromatic heterocycles. The van der Waals surface area contributed by atoms with E-state index in [1.54, 1.807) is 0 Å². The van der Waals surface area contributed by atoms with Crippen molar-refractivity contribution in [1.82, 2.24) is 4.90 Å². The van der Waals surface area contributed by atoms with E-state index < -0.39 is 0 Å². The summed E-state index contributed by atoms with van der Waals surface area (Å²) in [6.07, 6.45) is 8.38. The fraction of sp³-hybridized carbons (Fsp3) is 0.923. The summed E-state index contributed by atoms with van der Waals surface area (Å²) in [5, 5.41) is 0. The third kappa shape index (κ3) is 4.12. The molecule has 3 nitrogen and oxygen atoms in total. The normalized spacial score (nSPS) is 25.4. The lowest BCUT2D eigenvalue weighted by Gasteiger charge is -2.33. The van der Waals surface area contributed by atoms with Gasteiger partial charge in [-0.3, -0.25) is 4.79 Å². The molecular formula is C13H26N2O. The van der Waals surface area contributed by atoms with E-state index in [9.17, 15) is 4.79 Å². The van der Waals surface area contributed by atoms with Crippen molar-refractivity contribution in [2.75, 3.05) is 7.05 Å². The van der Waals surface area contributed by atoms with Crippen molar-refractivity contribution in [3.05, 3.63) is 0 Å². The molecule has 1 amide bonds. The van der Waals surface area contributed by atoms with Gasteiger partial charge in [0.05, 0.1) is 0 Å². The zero-order valence-corrected chi connectivity index (χ0v) is 10.7. The number of hydrogen-bond acceptors (Lipinski definition) is 2. The van der Waals surface area contributed by atoms with Gasteiger partial charge >= 0.3 is 0 Å². The number of amides is 1. The molecule has 16 heavy (non-hydrogen) atoms. The van der Waals surface area contributed by atoms with Crippen molar-refractivity contribution in [3.63, 3.8) is 0 Å². The zero-order valence-electron chi connectivity index (χ0n) is 10.7. The molecule has 1 aliphatic rings. The summed E-state index contributed by atoms with van der Waals surface area (Å²) >= 11 is 0. The fourth-order valence-electron chi connectivity index (χ4n) is 2.40. The molecule has 0 atom stereocenters. The van der Waals surface area contributed by atoms with Crippen LogP contribution in [0.25, 0.3) is 0 Å². The molecule has 0 heterocycles. The number of unbranched alkanes of at least 4 members (excludes halogenated alkanes) is 2. The van der Waals surface area contributed by atoms with Gasteiger partial charge in [0.15, 0.2) is 0 Å². The highest BCUT2D eigenvalue weighted by Gasteiger charge is 2.24. The first-order chi connectivity index (χ1) is 7.65. The molecule has 0 unspecified atom stereocenters. The summed E-state index contributed by atoms with van der Waals surface area (Å²) in [5.41, 5.74) is 5.87. The molecule has 1 aliphatic carbocycles. The maximum atomic E-state index is 11.9. The van der Waals surface area contributed by atoms with E-state index >= 15 is 0 Å². The Morgan fingerprint density at radius 1 is 1.25 bits per heavy atom. The van der Waals surface area contributed by atoms with Crippen LogP contribution < -0.4 is 5.73 Å². The number of hydrogen-bond donors (Lipinski definition) is 1. The number of nitrogens with zero attached hydrogens (tertiary/aromatic N) is 1. The van der Waals surface area contributed by atoms with Gasteiger partial charge in [0.25, 0.3) is 0 Å². The van der Waals surface area contributed by atoms with Gasteiger partial charge in [-0.15, -0.1) is 0 Å². The van der Waals surface area contributed by atoms with Crippen molar-refractivity contribution < 1.29 is 4.79 Å². The van der Waals surface area contributed by atoms with E-state index in [4.69, 9.17) is 5.73 Å². The summed E-state index contributed by atoms with van der Waals surface area (Å²) < 4.78 is 0. The first kappa shape index (κ1) is 13.5. The van der Waals surface area contributed by atoms with Gasteiger partial charge in [-0.25, -0.2) is 0 Å². The minimum absolute atomic E-state index is 0.314. The highest BCUT2D eigenvalue weighted by atomic mass is 16.2. The Morgan fingerprint density at radius 2 is 1.88 bits per heavy atom. The first-order valence-corrected chi connectivity index (χ1v) is 6.66. The van der Waals surface area contributed by atoms with Crippen LogP contribution >= 0.6 is 0 Å². The SMILES string of the molecule is CCCCCC(=O)N(C)C1CCC(N)CC1. The molecule has 0 spiro atoms. The van der Waals surface area contributed by atoms with Crippen molar-refractivity contribution >= 4 is 5.91 Å². The number of carbonyl (C=O) groups excluding carboxylic acids is 1. The van der Waals surface area contributed by atoms with Crippen LogP contribution in [0.5, 0.6) is 0 Å². The highest BCUT2D eigenvalue weighted by Crippen LogP contribution is 2.21. The van der Waals surface area contributed by atoms with Crippen LogP contribution in [0.15, 0.2) is 0 Å². The van der Waals surface area contributed by atoms with Gasteiger partial charge in [0.2, 0.25) is 5.91 Å². The van der Waals surface area contributed by atoms with Gasteiger partial charge in [-0.2, -0.15) is 0 Å². The van der Waals surface area contributed by atoms with Crippen LogP contribution in [-0.4, -0.2) is 29.9 Å². The van der Waals surface area contributed by atoms with Crippen LogP contribution in [0, 0.1) is 0 Å². The average Bonchev–Trinajstić information content (AvgIpc) is 2.29. The van der Waals surface area contributed by atoms with Crippen molar-refractivity contribution in [1.29, 1.82) is 0 Å². The molecule has 0 aromatic carbocycles. The van der Waals surface area contributed by atoms with Crippen LogP contribution in [0.4, 0.5) is 0 Å². The molecule has 1 rings (SSSR count). The first-order valence-electron chi connectivity index (χ1n) is 6.66. The molecule has 0 saturated heterocycles. The third-order valence-electron chi connectivity index (χ3n) is 3.68. The van der Waals surface area contributed by atoms with Crippen LogP contribution in [0.1, 0.15) is 58.3 Å². The lowest BCUT2D eigenvalue weighted by molar-refractivity contribution is -0.132. The summed E-state index contributed by atoms with van der Waals surface area (Å²) in [6.45, 7) is 2.16. The minimum Gasteiger partial charge on any atom is -0.343 e. The highest BCUT2D eigenvalue weighted by molar-refractivity contribution is 5.76. The van der Waals surface area contributed by atoms with E-state index in [1.165, 1.54) is 6.42 Å². The van der Waals surface area contributed by atoms with E-state index in [2.05, 4.69) is 6.92 Å². The third-order valence-corrected chi connectivity index (χ3v) is 3.68. The van der Waals surface area contributed by atoms with Crippen LogP contribution in [-0.2, 0) is 4.79 Å². The number of rotatable bonds is 5. The Balaban J connectivity index is 2.27. The Labute approximate surface area is 99.4 Å². The molecule has 0 aliphatic heterocycles. The number of nitrogens with two attached hydrogens (primary N) is 1. The molecule has 3 heteroatoms. The van der Waals surface area contributed by atoms with Crippen LogP contribution in [0.2, 0.25) is 0 Å². The lowest BCUT2D eigenvalue weighted by Crippen LogP contribution is -2.41. The van der Waals surface area contributed by atoms with E-state index in [0.717, 1.165) is 38.5 Å². The molecule has 2 N–H and O–H groups in total. The Hall–Kier alpha value is -0.570. The van der Waals surface area contributed by atoms with E-state index in [-0.39, 0.29) is 0 Å². The van der Waals surface area contributed by atoms with Crippen molar-refractivity contribution in [2.45, 2.75) is 70.4 Å². The van der Waals surface area contributed by atoms with Gasteiger partial charge in [0.1, 0.15) is 0 Å². The second-order valence-corrected chi connectivity index (χ2v) is 5.03. The largest absolute Gasteiger partial charge is 0.343 e. The van der Waals surface area contributed by atoms with Crippen LogP contribution in [0.3, 0.4) is 0 Å². The van der Waals surface area contributed by atoms with Gasteiger partial charge in [0, 0.05) is 25.6 Å². The van der Waals surface area contributed by atoms with E-state index in [0.29, 0.717) is 24.4 Å². The Morgan fingerprint density at radius 3 is 2.44 bits per heavy atom. The molecule has 1 fully saturated rings. The fourth-order valence-corrected chi connectivity index (χ4v) is 2.40. The molecule has 1 saturated carbocycles. The monoisotopic (exact) mass is 226 g/mol. The number of carbonyl (C=O) groups is 1.